The van der Waals surface area contributed by atoms with Crippen LogP contribution in [0, 0.1) is 12.7 Å². The Morgan fingerprint density at radius 3 is 2.67 bits per heavy atom. The van der Waals surface area contributed by atoms with Gasteiger partial charge in [0.05, 0.1) is 6.10 Å². The zero-order valence-corrected chi connectivity index (χ0v) is 10.0. The third kappa shape index (κ3) is 3.26. The topological polar surface area (TPSA) is 40.5 Å². The summed E-state index contributed by atoms with van der Waals surface area (Å²) in [6, 6.07) is 4.48. The van der Waals surface area contributed by atoms with Crippen LogP contribution in [0.3, 0.4) is 0 Å². The van der Waals surface area contributed by atoms with Gasteiger partial charge < -0.3 is 10.2 Å². The number of aryl methyl sites for hydroxylation is 1. The Morgan fingerprint density at radius 2 is 2.07 bits per heavy atom. The van der Waals surface area contributed by atoms with Gasteiger partial charge in [-0.15, -0.1) is 0 Å². The summed E-state index contributed by atoms with van der Waals surface area (Å²) < 4.78 is 13.3. The van der Waals surface area contributed by atoms with E-state index < -0.39 is 18.0 Å². The molecule has 2 unspecified atom stereocenters. The number of halogens is 2. The van der Waals surface area contributed by atoms with Crippen LogP contribution >= 0.6 is 15.9 Å². The molecule has 0 spiro atoms. The first-order valence-electron chi connectivity index (χ1n) is 4.74. The predicted octanol–water partition coefficient (Wildman–Crippen LogP) is 2.31. The molecule has 0 amide bonds. The van der Waals surface area contributed by atoms with Gasteiger partial charge in [0.2, 0.25) is 0 Å². The Morgan fingerprint density at radius 1 is 1.40 bits per heavy atom. The number of aliphatic hydroxyl groups excluding tert-OH is 2. The Hall–Kier alpha value is -0.450. The lowest BCUT2D eigenvalue weighted by Crippen LogP contribution is -2.19. The third-order valence-corrected chi connectivity index (χ3v) is 2.70. The lowest BCUT2D eigenvalue weighted by Gasteiger charge is -2.18. The summed E-state index contributed by atoms with van der Waals surface area (Å²) in [6.07, 6.45) is -1.72. The van der Waals surface area contributed by atoms with Crippen LogP contribution in [-0.2, 0) is 0 Å². The second-order valence-corrected chi connectivity index (χ2v) is 4.31. The zero-order chi connectivity index (χ0) is 11.4. The summed E-state index contributed by atoms with van der Waals surface area (Å²) in [4.78, 5) is 0. The first-order chi connectivity index (χ1) is 7.06. The van der Waals surface area contributed by atoms with Crippen molar-refractivity contribution in [3.05, 3.63) is 35.1 Å². The highest BCUT2D eigenvalue weighted by Gasteiger charge is 2.20. The fourth-order valence-electron chi connectivity index (χ4n) is 1.37. The first kappa shape index (κ1) is 12.6. The van der Waals surface area contributed by atoms with Gasteiger partial charge in [-0.3, -0.25) is 0 Å². The molecule has 0 bridgehead atoms. The summed E-state index contributed by atoms with van der Waals surface area (Å²) in [5.41, 5.74) is 1.01. The second-order valence-electron chi connectivity index (χ2n) is 3.51. The largest absolute Gasteiger partial charge is 0.390 e. The average molecular weight is 277 g/mol. The molecule has 84 valence electrons. The van der Waals surface area contributed by atoms with Crippen molar-refractivity contribution in [2.75, 3.05) is 5.33 Å². The van der Waals surface area contributed by atoms with Crippen molar-refractivity contribution in [1.29, 1.82) is 0 Å². The van der Waals surface area contributed by atoms with E-state index in [-0.39, 0.29) is 5.56 Å². The minimum atomic E-state index is -1.16. The average Bonchev–Trinajstić information content (AvgIpc) is 2.21. The molecule has 0 aliphatic rings. The van der Waals surface area contributed by atoms with Gasteiger partial charge in [0.15, 0.2) is 0 Å². The van der Waals surface area contributed by atoms with Crippen LogP contribution in [0.4, 0.5) is 4.39 Å². The summed E-state index contributed by atoms with van der Waals surface area (Å²) in [5, 5.41) is 19.8. The minimum Gasteiger partial charge on any atom is -0.390 e. The Kier molecular flexibility index (Phi) is 4.70. The quantitative estimate of drug-likeness (QED) is 0.829. The van der Waals surface area contributed by atoms with Crippen molar-refractivity contribution in [3.8, 4) is 0 Å². The molecule has 0 saturated carbocycles. The molecule has 1 aromatic carbocycles. The van der Waals surface area contributed by atoms with Gasteiger partial charge >= 0.3 is 0 Å². The van der Waals surface area contributed by atoms with Gasteiger partial charge in [0, 0.05) is 10.9 Å². The molecule has 2 nitrogen and oxygen atoms in total. The SMILES string of the molecule is Cc1ccc(F)c(C(O)C(O)CCBr)c1. The molecule has 4 heteroatoms. The second kappa shape index (κ2) is 5.58. The lowest BCUT2D eigenvalue weighted by atomic mass is 10.0. The minimum absolute atomic E-state index is 0.156. The molecule has 2 N–H and O–H groups in total. The van der Waals surface area contributed by atoms with Crippen molar-refractivity contribution in [2.24, 2.45) is 0 Å². The molecule has 0 aliphatic carbocycles. The fraction of sp³-hybridized carbons (Fsp3) is 0.455. The smallest absolute Gasteiger partial charge is 0.129 e. The number of hydrogen-bond acceptors (Lipinski definition) is 2. The maximum absolute atomic E-state index is 13.3. The number of hydrogen-bond donors (Lipinski definition) is 2. The van der Waals surface area contributed by atoms with E-state index in [1.54, 1.807) is 12.1 Å². The Labute approximate surface area is 96.9 Å². The van der Waals surface area contributed by atoms with Crippen LogP contribution in [0.5, 0.6) is 0 Å². The van der Waals surface area contributed by atoms with Crippen molar-refractivity contribution in [2.45, 2.75) is 25.6 Å². The molecule has 0 heterocycles. The molecule has 1 aromatic rings. The van der Waals surface area contributed by atoms with Crippen molar-refractivity contribution < 1.29 is 14.6 Å². The standard InChI is InChI=1S/C11H14BrFO2/c1-7-2-3-9(13)8(6-7)11(15)10(14)4-5-12/h2-3,6,10-11,14-15H,4-5H2,1H3. The van der Waals surface area contributed by atoms with Crippen LogP contribution in [0.2, 0.25) is 0 Å². The molecule has 0 fully saturated rings. The molecule has 2 atom stereocenters. The lowest BCUT2D eigenvalue weighted by molar-refractivity contribution is 0.0152. The highest BCUT2D eigenvalue weighted by molar-refractivity contribution is 9.09. The van der Waals surface area contributed by atoms with E-state index in [9.17, 15) is 14.6 Å². The van der Waals surface area contributed by atoms with Gasteiger partial charge in [-0.1, -0.05) is 33.6 Å². The Balaban J connectivity index is 2.89. The fourth-order valence-corrected chi connectivity index (χ4v) is 1.84. The monoisotopic (exact) mass is 276 g/mol. The molecule has 0 saturated heterocycles. The van der Waals surface area contributed by atoms with E-state index in [0.717, 1.165) is 5.56 Å². The summed E-state index contributed by atoms with van der Waals surface area (Å²) >= 11 is 3.16. The third-order valence-electron chi connectivity index (χ3n) is 2.24. The van der Waals surface area contributed by atoms with Crippen molar-refractivity contribution >= 4 is 15.9 Å². The van der Waals surface area contributed by atoms with E-state index in [1.165, 1.54) is 6.07 Å². The van der Waals surface area contributed by atoms with Crippen molar-refractivity contribution in [3.63, 3.8) is 0 Å². The highest BCUT2D eigenvalue weighted by Crippen LogP contribution is 2.23. The van der Waals surface area contributed by atoms with E-state index in [2.05, 4.69) is 15.9 Å². The maximum atomic E-state index is 13.3. The Bertz CT molecular complexity index is 330. The van der Waals surface area contributed by atoms with Crippen LogP contribution in [0.15, 0.2) is 18.2 Å². The van der Waals surface area contributed by atoms with E-state index in [4.69, 9.17) is 0 Å². The normalized spacial score (nSPS) is 15.0. The van der Waals surface area contributed by atoms with Gasteiger partial charge in [-0.05, 0) is 19.4 Å². The molecular weight excluding hydrogens is 263 g/mol. The first-order valence-corrected chi connectivity index (χ1v) is 5.86. The molecular formula is C11H14BrFO2. The van der Waals surface area contributed by atoms with Crippen LogP contribution in [-0.4, -0.2) is 21.6 Å². The van der Waals surface area contributed by atoms with Crippen LogP contribution < -0.4 is 0 Å². The van der Waals surface area contributed by atoms with Gasteiger partial charge in [0.25, 0.3) is 0 Å². The van der Waals surface area contributed by atoms with Gasteiger partial charge in [-0.25, -0.2) is 4.39 Å². The van der Waals surface area contributed by atoms with Gasteiger partial charge in [-0.2, -0.15) is 0 Å². The zero-order valence-electron chi connectivity index (χ0n) is 8.45. The number of benzene rings is 1. The maximum Gasteiger partial charge on any atom is 0.129 e. The summed E-state index contributed by atoms with van der Waals surface area (Å²) in [7, 11) is 0. The van der Waals surface area contributed by atoms with E-state index in [1.807, 2.05) is 6.92 Å². The molecule has 0 radical (unpaired) electrons. The van der Waals surface area contributed by atoms with Crippen molar-refractivity contribution in [1.82, 2.24) is 0 Å². The molecule has 15 heavy (non-hydrogen) atoms. The van der Waals surface area contributed by atoms with E-state index >= 15 is 0 Å². The van der Waals surface area contributed by atoms with Crippen LogP contribution in [0.25, 0.3) is 0 Å². The molecule has 1 rings (SSSR count). The number of rotatable bonds is 4. The van der Waals surface area contributed by atoms with Crippen LogP contribution in [0.1, 0.15) is 23.7 Å². The number of aliphatic hydroxyl groups is 2. The highest BCUT2D eigenvalue weighted by atomic mass is 79.9. The summed E-state index contributed by atoms with van der Waals surface area (Å²) in [6.45, 7) is 1.81. The predicted molar refractivity (Wildman–Crippen MR) is 60.5 cm³/mol. The van der Waals surface area contributed by atoms with E-state index in [0.29, 0.717) is 11.8 Å². The summed E-state index contributed by atoms with van der Waals surface area (Å²) in [5.74, 6) is -0.485. The molecule has 0 aliphatic heterocycles. The molecule has 0 aromatic heterocycles. The van der Waals surface area contributed by atoms with Gasteiger partial charge in [0.1, 0.15) is 11.9 Å². The number of alkyl halides is 1.